The number of methoxy groups -OCH3 is 1. The molecule has 1 aromatic rings. The summed E-state index contributed by atoms with van der Waals surface area (Å²) in [6, 6.07) is 5.48. The molecule has 7 heteroatoms. The quantitative estimate of drug-likeness (QED) is 0.797. The molecule has 2 aliphatic heterocycles. The molecule has 0 radical (unpaired) electrons. The maximum Gasteiger partial charge on any atom is 0.253 e. The molecule has 1 aromatic carbocycles. The van der Waals surface area contributed by atoms with Gasteiger partial charge in [0.15, 0.2) is 12.3 Å². The summed E-state index contributed by atoms with van der Waals surface area (Å²) in [5.41, 5.74) is 0.722. The number of rotatable bonds is 5. The van der Waals surface area contributed by atoms with E-state index in [1.54, 1.807) is 30.4 Å². The van der Waals surface area contributed by atoms with Crippen molar-refractivity contribution < 1.29 is 9.53 Å². The maximum atomic E-state index is 12.5. The van der Waals surface area contributed by atoms with Crippen LogP contribution in [0, 0.1) is 11.5 Å². The molecule has 2 saturated heterocycles. The van der Waals surface area contributed by atoms with Crippen LogP contribution in [0.3, 0.4) is 0 Å². The second kappa shape index (κ2) is 7.65. The van der Waals surface area contributed by atoms with Crippen LogP contribution in [0.4, 0.5) is 0 Å². The number of carbonyl (C=O) groups excluding carboxylic acids is 1. The first-order chi connectivity index (χ1) is 12.0. The number of halogens is 2. The fourth-order valence-corrected chi connectivity index (χ4v) is 4.03. The summed E-state index contributed by atoms with van der Waals surface area (Å²) in [4.78, 5) is 14.3. The molecule has 0 spiro atoms. The van der Waals surface area contributed by atoms with E-state index in [0.717, 1.165) is 24.8 Å². The second-order valence-electron chi connectivity index (χ2n) is 6.34. The Morgan fingerprint density at radius 2 is 2.28 bits per heavy atom. The molecule has 2 bridgehead atoms. The number of hydrogen-bond donors (Lipinski definition) is 1. The number of benzene rings is 1. The zero-order chi connectivity index (χ0) is 18.0. The Balaban J connectivity index is 1.65. The summed E-state index contributed by atoms with van der Waals surface area (Å²) < 4.78 is 5.29. The fourth-order valence-electron chi connectivity index (χ4n) is 3.67. The van der Waals surface area contributed by atoms with Gasteiger partial charge in [-0.1, -0.05) is 29.3 Å². The Kier molecular flexibility index (Phi) is 5.53. The SMILES string of the molecule is COC(/C=C/c1cc(Cl)ccc1Cl)C(=O)N[C@@H]1C[C@@H]2CC[C@H]1N2C#N. The molecule has 1 amide bonds. The third kappa shape index (κ3) is 3.77. The van der Waals surface area contributed by atoms with Gasteiger partial charge in [-0.3, -0.25) is 4.79 Å². The van der Waals surface area contributed by atoms with Crippen molar-refractivity contribution in [2.75, 3.05) is 7.11 Å². The van der Waals surface area contributed by atoms with E-state index in [0.29, 0.717) is 10.0 Å². The van der Waals surface area contributed by atoms with Crippen molar-refractivity contribution in [1.29, 1.82) is 5.26 Å². The summed E-state index contributed by atoms with van der Waals surface area (Å²) in [5, 5.41) is 13.4. The molecule has 5 nitrogen and oxygen atoms in total. The van der Waals surface area contributed by atoms with Gasteiger partial charge in [0.05, 0.1) is 12.1 Å². The Bertz CT molecular complexity index is 732. The molecule has 1 unspecified atom stereocenters. The van der Waals surface area contributed by atoms with Crippen LogP contribution in [0.25, 0.3) is 6.08 Å². The Labute approximate surface area is 157 Å². The molecule has 132 valence electrons. The summed E-state index contributed by atoms with van der Waals surface area (Å²) in [6.07, 6.45) is 7.66. The van der Waals surface area contributed by atoms with Crippen LogP contribution in [0.15, 0.2) is 24.3 Å². The van der Waals surface area contributed by atoms with Crippen LogP contribution in [0.1, 0.15) is 24.8 Å². The predicted molar refractivity (Wildman–Crippen MR) is 97.1 cm³/mol. The van der Waals surface area contributed by atoms with Gasteiger partial charge < -0.3 is 15.0 Å². The van der Waals surface area contributed by atoms with E-state index in [9.17, 15) is 10.1 Å². The highest BCUT2D eigenvalue weighted by molar-refractivity contribution is 6.34. The van der Waals surface area contributed by atoms with Crippen LogP contribution in [-0.4, -0.2) is 42.1 Å². The lowest BCUT2D eigenvalue weighted by Gasteiger charge is -2.23. The van der Waals surface area contributed by atoms with E-state index < -0.39 is 6.10 Å². The molecule has 3 rings (SSSR count). The number of amides is 1. The van der Waals surface area contributed by atoms with Crippen molar-refractivity contribution in [3.8, 4) is 6.19 Å². The number of fused-ring (bicyclic) bond motifs is 2. The molecular formula is C18H19Cl2N3O2. The van der Waals surface area contributed by atoms with Gasteiger partial charge in [0, 0.05) is 23.2 Å². The molecule has 2 aliphatic rings. The predicted octanol–water partition coefficient (Wildman–Crippen LogP) is 3.22. The minimum atomic E-state index is -0.732. The molecular weight excluding hydrogens is 361 g/mol. The molecule has 25 heavy (non-hydrogen) atoms. The summed E-state index contributed by atoms with van der Waals surface area (Å²) in [5.74, 6) is -0.215. The van der Waals surface area contributed by atoms with E-state index >= 15 is 0 Å². The summed E-state index contributed by atoms with van der Waals surface area (Å²) in [6.45, 7) is 0. The third-order valence-corrected chi connectivity index (χ3v) is 5.48. The van der Waals surface area contributed by atoms with Gasteiger partial charge in [0.25, 0.3) is 5.91 Å². The number of nitriles is 1. The van der Waals surface area contributed by atoms with Gasteiger partial charge >= 0.3 is 0 Å². The lowest BCUT2D eigenvalue weighted by molar-refractivity contribution is -0.129. The summed E-state index contributed by atoms with van der Waals surface area (Å²) in [7, 11) is 1.48. The van der Waals surface area contributed by atoms with Gasteiger partial charge in [-0.05, 0) is 49.1 Å². The van der Waals surface area contributed by atoms with Crippen LogP contribution in [-0.2, 0) is 9.53 Å². The van der Waals surface area contributed by atoms with E-state index in [1.165, 1.54) is 7.11 Å². The van der Waals surface area contributed by atoms with Crippen molar-refractivity contribution in [2.45, 2.75) is 43.5 Å². The first-order valence-electron chi connectivity index (χ1n) is 8.18. The minimum Gasteiger partial charge on any atom is -0.367 e. The molecule has 0 aliphatic carbocycles. The lowest BCUT2D eigenvalue weighted by Crippen LogP contribution is -2.47. The zero-order valence-corrected chi connectivity index (χ0v) is 15.3. The Hall–Kier alpha value is -1.74. The standard InChI is InChI=1S/C18H19Cl2N3O2/c1-25-17(7-2-11-8-12(19)3-5-14(11)20)18(24)22-15-9-13-4-6-16(15)23(13)10-21/h2-3,5,7-8,13,15-17H,4,6,9H2,1H3,(H,22,24)/b7-2+/t13-,15+,16+,17?/m0/s1. The van der Waals surface area contributed by atoms with Crippen molar-refractivity contribution in [3.05, 3.63) is 39.9 Å². The fraction of sp³-hybridized carbons (Fsp3) is 0.444. The van der Waals surface area contributed by atoms with Gasteiger partial charge in [-0.15, -0.1) is 0 Å². The van der Waals surface area contributed by atoms with Gasteiger partial charge in [-0.25, -0.2) is 0 Å². The highest BCUT2D eigenvalue weighted by atomic mass is 35.5. The highest BCUT2D eigenvalue weighted by Gasteiger charge is 2.46. The zero-order valence-electron chi connectivity index (χ0n) is 13.8. The Morgan fingerprint density at radius 3 is 2.96 bits per heavy atom. The van der Waals surface area contributed by atoms with Crippen LogP contribution < -0.4 is 5.32 Å². The first-order valence-corrected chi connectivity index (χ1v) is 8.93. The van der Waals surface area contributed by atoms with E-state index in [1.807, 2.05) is 4.90 Å². The number of hydrogen-bond acceptors (Lipinski definition) is 4. The molecule has 2 heterocycles. The van der Waals surface area contributed by atoms with Crippen molar-refractivity contribution in [3.63, 3.8) is 0 Å². The number of nitrogens with one attached hydrogen (secondary N) is 1. The van der Waals surface area contributed by atoms with E-state index in [-0.39, 0.29) is 24.0 Å². The van der Waals surface area contributed by atoms with Crippen molar-refractivity contribution >= 4 is 35.2 Å². The first kappa shape index (κ1) is 18.1. The number of carbonyl (C=O) groups is 1. The molecule has 4 atom stereocenters. The molecule has 1 N–H and O–H groups in total. The minimum absolute atomic E-state index is 0.00768. The average molecular weight is 380 g/mol. The van der Waals surface area contributed by atoms with Crippen LogP contribution in [0.5, 0.6) is 0 Å². The smallest absolute Gasteiger partial charge is 0.253 e. The molecule has 2 fully saturated rings. The lowest BCUT2D eigenvalue weighted by atomic mass is 9.95. The monoisotopic (exact) mass is 379 g/mol. The normalized spacial score (nSPS) is 26.0. The molecule has 0 saturated carbocycles. The Morgan fingerprint density at radius 1 is 1.48 bits per heavy atom. The third-order valence-electron chi connectivity index (χ3n) is 4.90. The van der Waals surface area contributed by atoms with Gasteiger partial charge in [0.1, 0.15) is 0 Å². The topological polar surface area (TPSA) is 65.4 Å². The average Bonchev–Trinajstić information content (AvgIpc) is 3.14. The summed E-state index contributed by atoms with van der Waals surface area (Å²) >= 11 is 12.1. The van der Waals surface area contributed by atoms with Gasteiger partial charge in [0.2, 0.25) is 0 Å². The van der Waals surface area contributed by atoms with Gasteiger partial charge in [-0.2, -0.15) is 5.26 Å². The largest absolute Gasteiger partial charge is 0.367 e. The number of ether oxygens (including phenoxy) is 1. The van der Waals surface area contributed by atoms with E-state index in [2.05, 4.69) is 11.5 Å². The van der Waals surface area contributed by atoms with E-state index in [4.69, 9.17) is 27.9 Å². The number of nitrogens with zero attached hydrogens (tertiary/aromatic N) is 2. The maximum absolute atomic E-state index is 12.5. The second-order valence-corrected chi connectivity index (χ2v) is 7.18. The van der Waals surface area contributed by atoms with Crippen LogP contribution >= 0.6 is 23.2 Å². The van der Waals surface area contributed by atoms with Crippen molar-refractivity contribution in [2.24, 2.45) is 0 Å². The highest BCUT2D eigenvalue weighted by Crippen LogP contribution is 2.37. The van der Waals surface area contributed by atoms with Crippen molar-refractivity contribution in [1.82, 2.24) is 10.2 Å². The molecule has 0 aromatic heterocycles. The van der Waals surface area contributed by atoms with Crippen LogP contribution in [0.2, 0.25) is 10.0 Å².